The average Bonchev–Trinajstić information content (AvgIpc) is 2.92. The Balaban J connectivity index is 2.03. The number of hydrogen-bond donors (Lipinski definition) is 1. The third-order valence-corrected chi connectivity index (χ3v) is 4.12. The summed E-state index contributed by atoms with van der Waals surface area (Å²) in [6.07, 6.45) is 3.36. The first-order valence-corrected chi connectivity index (χ1v) is 6.88. The maximum atomic E-state index is 14.1. The molecule has 1 aliphatic carbocycles. The average molecular weight is 292 g/mol. The zero-order valence-electron chi connectivity index (χ0n) is 11.5. The van der Waals surface area contributed by atoms with Crippen LogP contribution < -0.4 is 5.32 Å². The highest BCUT2D eigenvalue weighted by atomic mass is 19.2. The monoisotopic (exact) mass is 292 g/mol. The molecule has 1 aromatic heterocycles. The van der Waals surface area contributed by atoms with Crippen LogP contribution in [-0.4, -0.2) is 12.0 Å². The van der Waals surface area contributed by atoms with Gasteiger partial charge >= 0.3 is 0 Å². The van der Waals surface area contributed by atoms with Gasteiger partial charge in [0.25, 0.3) is 0 Å². The highest BCUT2D eigenvalue weighted by molar-refractivity contribution is 5.34. The van der Waals surface area contributed by atoms with Crippen LogP contribution in [0.25, 0.3) is 0 Å². The Kier molecular flexibility index (Phi) is 3.68. The van der Waals surface area contributed by atoms with Crippen molar-refractivity contribution in [1.82, 2.24) is 10.3 Å². The first-order valence-electron chi connectivity index (χ1n) is 6.88. The van der Waals surface area contributed by atoms with Crippen LogP contribution in [-0.2, 0) is 6.42 Å². The molecule has 0 saturated carbocycles. The summed E-state index contributed by atoms with van der Waals surface area (Å²) >= 11 is 0. The van der Waals surface area contributed by atoms with E-state index in [1.54, 1.807) is 13.2 Å². The number of aryl methyl sites for hydroxylation is 1. The number of nitrogens with zero attached hydrogens (tertiary/aromatic N) is 1. The summed E-state index contributed by atoms with van der Waals surface area (Å²) in [5.41, 5.74) is 2.17. The second kappa shape index (κ2) is 5.48. The standard InChI is InChI=1S/C16H15F3N2/c1-20-16(10-6-7-12(17)14(19)13(10)18)11-5-4-9-3-2-8-21-15(9)11/h2-3,6-8,11,16,20H,4-5H2,1H3. The van der Waals surface area contributed by atoms with Gasteiger partial charge in [-0.2, -0.15) is 0 Å². The maximum absolute atomic E-state index is 14.1. The van der Waals surface area contributed by atoms with Gasteiger partial charge in [0.05, 0.1) is 0 Å². The Morgan fingerprint density at radius 2 is 2.00 bits per heavy atom. The van der Waals surface area contributed by atoms with Crippen molar-refractivity contribution in [3.05, 3.63) is 64.7 Å². The van der Waals surface area contributed by atoms with E-state index in [1.807, 2.05) is 12.1 Å². The largest absolute Gasteiger partial charge is 0.312 e. The van der Waals surface area contributed by atoms with Gasteiger partial charge in [0.1, 0.15) is 0 Å². The van der Waals surface area contributed by atoms with Gasteiger partial charge in [-0.3, -0.25) is 4.98 Å². The van der Waals surface area contributed by atoms with Gasteiger partial charge in [-0.1, -0.05) is 12.1 Å². The first kappa shape index (κ1) is 14.1. The topological polar surface area (TPSA) is 24.9 Å². The molecule has 1 N–H and O–H groups in total. The lowest BCUT2D eigenvalue weighted by Gasteiger charge is -2.24. The fraction of sp³-hybridized carbons (Fsp3) is 0.312. The molecule has 2 unspecified atom stereocenters. The van der Waals surface area contributed by atoms with Crippen molar-refractivity contribution in [3.8, 4) is 0 Å². The van der Waals surface area contributed by atoms with Gasteiger partial charge in [-0.25, -0.2) is 13.2 Å². The minimum atomic E-state index is -1.42. The summed E-state index contributed by atoms with van der Waals surface area (Å²) in [6.45, 7) is 0. The van der Waals surface area contributed by atoms with Crippen LogP contribution in [0.4, 0.5) is 13.2 Å². The lowest BCUT2D eigenvalue weighted by atomic mass is 9.90. The van der Waals surface area contributed by atoms with E-state index in [1.165, 1.54) is 6.07 Å². The fourth-order valence-corrected chi connectivity index (χ4v) is 3.12. The number of aromatic nitrogens is 1. The zero-order chi connectivity index (χ0) is 15.0. The molecule has 1 heterocycles. The number of halogens is 3. The molecule has 2 aromatic rings. The van der Waals surface area contributed by atoms with Crippen LogP contribution in [0.1, 0.15) is 35.2 Å². The molecule has 0 saturated heterocycles. The summed E-state index contributed by atoms with van der Waals surface area (Å²) in [5, 5.41) is 3.02. The van der Waals surface area contributed by atoms with E-state index in [0.717, 1.165) is 30.2 Å². The highest BCUT2D eigenvalue weighted by Crippen LogP contribution is 2.41. The Bertz CT molecular complexity index is 673. The van der Waals surface area contributed by atoms with Gasteiger partial charge in [-0.15, -0.1) is 0 Å². The van der Waals surface area contributed by atoms with Crippen molar-refractivity contribution in [2.45, 2.75) is 24.8 Å². The molecule has 0 radical (unpaired) electrons. The molecule has 21 heavy (non-hydrogen) atoms. The predicted molar refractivity (Wildman–Crippen MR) is 73.4 cm³/mol. The molecule has 0 bridgehead atoms. The molecule has 0 amide bonds. The molecular weight excluding hydrogens is 277 g/mol. The minimum absolute atomic E-state index is 0.0504. The smallest absolute Gasteiger partial charge is 0.194 e. The van der Waals surface area contributed by atoms with Crippen LogP contribution in [0.5, 0.6) is 0 Å². The van der Waals surface area contributed by atoms with E-state index in [2.05, 4.69) is 10.3 Å². The molecule has 110 valence electrons. The number of hydrogen-bond acceptors (Lipinski definition) is 2. The molecule has 2 nitrogen and oxygen atoms in total. The molecule has 1 aromatic carbocycles. The van der Waals surface area contributed by atoms with E-state index in [-0.39, 0.29) is 11.5 Å². The number of likely N-dealkylation sites (N-methyl/N-ethyl adjacent to an activating group) is 1. The lowest BCUT2D eigenvalue weighted by molar-refractivity contribution is 0.407. The van der Waals surface area contributed by atoms with Gasteiger partial charge in [0.15, 0.2) is 17.5 Å². The Labute approximate surface area is 121 Å². The molecule has 0 fully saturated rings. The van der Waals surface area contributed by atoms with Gasteiger partial charge in [0.2, 0.25) is 0 Å². The first-order chi connectivity index (χ1) is 10.1. The van der Waals surface area contributed by atoms with Crippen molar-refractivity contribution in [2.24, 2.45) is 0 Å². The molecule has 5 heteroatoms. The summed E-state index contributed by atoms with van der Waals surface area (Å²) in [7, 11) is 1.69. The van der Waals surface area contributed by atoms with Crippen molar-refractivity contribution in [1.29, 1.82) is 0 Å². The zero-order valence-corrected chi connectivity index (χ0v) is 11.5. The number of benzene rings is 1. The van der Waals surface area contributed by atoms with Crippen molar-refractivity contribution < 1.29 is 13.2 Å². The maximum Gasteiger partial charge on any atom is 0.194 e. The normalized spacial score (nSPS) is 18.6. The van der Waals surface area contributed by atoms with Gasteiger partial charge in [0, 0.05) is 29.4 Å². The van der Waals surface area contributed by atoms with Gasteiger partial charge < -0.3 is 5.32 Å². The van der Waals surface area contributed by atoms with Crippen molar-refractivity contribution >= 4 is 0 Å². The van der Waals surface area contributed by atoms with Gasteiger partial charge in [-0.05, 0) is 37.6 Å². The van der Waals surface area contributed by atoms with E-state index in [9.17, 15) is 13.2 Å². The molecular formula is C16H15F3N2. The Morgan fingerprint density at radius 1 is 1.19 bits per heavy atom. The quantitative estimate of drug-likeness (QED) is 0.876. The van der Waals surface area contributed by atoms with Crippen molar-refractivity contribution in [2.75, 3.05) is 7.05 Å². The van der Waals surface area contributed by atoms with Crippen LogP contribution in [0.2, 0.25) is 0 Å². The summed E-state index contributed by atoms with van der Waals surface area (Å²) in [5.74, 6) is -3.77. The molecule has 1 aliphatic rings. The van der Waals surface area contributed by atoms with E-state index >= 15 is 0 Å². The summed E-state index contributed by atoms with van der Waals surface area (Å²) < 4.78 is 40.6. The number of nitrogens with one attached hydrogen (secondary N) is 1. The SMILES string of the molecule is CNC(c1ccc(F)c(F)c1F)C1CCc2cccnc21. The molecule has 3 rings (SSSR count). The molecule has 2 atom stereocenters. The second-order valence-electron chi connectivity index (χ2n) is 5.22. The number of rotatable bonds is 3. The van der Waals surface area contributed by atoms with Crippen LogP contribution >= 0.6 is 0 Å². The van der Waals surface area contributed by atoms with Crippen molar-refractivity contribution in [3.63, 3.8) is 0 Å². The number of pyridine rings is 1. The Morgan fingerprint density at radius 3 is 2.76 bits per heavy atom. The van der Waals surface area contributed by atoms with E-state index in [4.69, 9.17) is 0 Å². The van der Waals surface area contributed by atoms with E-state index < -0.39 is 23.5 Å². The summed E-state index contributed by atoms with van der Waals surface area (Å²) in [6, 6.07) is 5.70. The highest BCUT2D eigenvalue weighted by Gasteiger charge is 2.33. The predicted octanol–water partition coefficient (Wildman–Crippen LogP) is 3.49. The van der Waals surface area contributed by atoms with Crippen LogP contribution in [0, 0.1) is 17.5 Å². The summed E-state index contributed by atoms with van der Waals surface area (Å²) in [4.78, 5) is 4.37. The molecule has 0 spiro atoms. The lowest BCUT2D eigenvalue weighted by Crippen LogP contribution is -2.24. The Hall–Kier alpha value is -1.88. The van der Waals surface area contributed by atoms with Crippen LogP contribution in [0.3, 0.4) is 0 Å². The van der Waals surface area contributed by atoms with E-state index in [0.29, 0.717) is 0 Å². The minimum Gasteiger partial charge on any atom is -0.312 e. The third kappa shape index (κ3) is 2.31. The molecule has 0 aliphatic heterocycles. The third-order valence-electron chi connectivity index (χ3n) is 4.12. The fourth-order valence-electron chi connectivity index (χ4n) is 3.12. The number of fused-ring (bicyclic) bond motifs is 1. The second-order valence-corrected chi connectivity index (χ2v) is 5.22. The van der Waals surface area contributed by atoms with Crippen LogP contribution in [0.15, 0.2) is 30.5 Å².